The lowest BCUT2D eigenvalue weighted by atomic mass is 10.2. The molecule has 0 spiro atoms. The summed E-state index contributed by atoms with van der Waals surface area (Å²) in [4.78, 5) is 37.7. The van der Waals surface area contributed by atoms with Crippen molar-refractivity contribution in [2.45, 2.75) is 39.3 Å². The van der Waals surface area contributed by atoms with Crippen molar-refractivity contribution in [2.75, 3.05) is 19.6 Å². The van der Waals surface area contributed by atoms with Crippen molar-refractivity contribution >= 4 is 17.8 Å². The van der Waals surface area contributed by atoms with Gasteiger partial charge in [-0.05, 0) is 13.8 Å². The number of likely N-dealkylation sites (tertiary alicyclic amines) is 1. The summed E-state index contributed by atoms with van der Waals surface area (Å²) in [5, 5.41) is 2.71. The van der Waals surface area contributed by atoms with Crippen LogP contribution < -0.4 is 11.1 Å². The average Bonchev–Trinajstić information content (AvgIpc) is 2.66. The lowest BCUT2D eigenvalue weighted by molar-refractivity contribution is -0.129. The number of urea groups is 1. The summed E-state index contributed by atoms with van der Waals surface area (Å²) in [6.07, 6.45) is 0.276. The Balaban J connectivity index is 2.58. The number of nitrogens with two attached hydrogens (primary N) is 1. The SMILES string of the molecule is CC(=O)N(CCN)C(=O)NC1CC(=O)N(C(C)C)C1. The summed E-state index contributed by atoms with van der Waals surface area (Å²) in [6.45, 7) is 6.05. The van der Waals surface area contributed by atoms with Gasteiger partial charge in [0.25, 0.3) is 0 Å². The molecule has 1 atom stereocenters. The van der Waals surface area contributed by atoms with Gasteiger partial charge in [0.15, 0.2) is 0 Å². The summed E-state index contributed by atoms with van der Waals surface area (Å²) in [5.74, 6) is -0.332. The number of nitrogens with one attached hydrogen (secondary N) is 1. The summed E-state index contributed by atoms with van der Waals surface area (Å²) >= 11 is 0. The molecule has 3 N–H and O–H groups in total. The minimum absolute atomic E-state index is 0.0218. The Morgan fingerprint density at radius 2 is 2.16 bits per heavy atom. The number of carbonyl (C=O) groups excluding carboxylic acids is 3. The lowest BCUT2D eigenvalue weighted by Crippen LogP contribution is -2.49. The number of nitrogens with zero attached hydrogens (tertiary/aromatic N) is 2. The number of carbonyl (C=O) groups is 3. The second kappa shape index (κ2) is 6.51. The van der Waals surface area contributed by atoms with Crippen LogP contribution in [0.15, 0.2) is 0 Å². The third-order valence-corrected chi connectivity index (χ3v) is 3.09. The van der Waals surface area contributed by atoms with E-state index in [1.807, 2.05) is 13.8 Å². The number of imide groups is 1. The van der Waals surface area contributed by atoms with E-state index in [-0.39, 0.29) is 43.4 Å². The highest BCUT2D eigenvalue weighted by molar-refractivity contribution is 5.93. The topological polar surface area (TPSA) is 95.7 Å². The predicted octanol–water partition coefficient (Wildman–Crippen LogP) is -0.487. The molecule has 0 radical (unpaired) electrons. The van der Waals surface area contributed by atoms with Crippen LogP contribution in [0, 0.1) is 0 Å². The maximum Gasteiger partial charge on any atom is 0.324 e. The van der Waals surface area contributed by atoms with Crippen LogP contribution >= 0.6 is 0 Å². The molecule has 108 valence electrons. The van der Waals surface area contributed by atoms with Crippen molar-refractivity contribution in [1.82, 2.24) is 15.1 Å². The molecule has 1 fully saturated rings. The molecular weight excluding hydrogens is 248 g/mol. The lowest BCUT2D eigenvalue weighted by Gasteiger charge is -2.23. The minimum Gasteiger partial charge on any atom is -0.338 e. The van der Waals surface area contributed by atoms with Gasteiger partial charge in [0.2, 0.25) is 11.8 Å². The van der Waals surface area contributed by atoms with Gasteiger partial charge in [-0.15, -0.1) is 0 Å². The monoisotopic (exact) mass is 270 g/mol. The Labute approximate surface area is 113 Å². The van der Waals surface area contributed by atoms with Gasteiger partial charge >= 0.3 is 6.03 Å². The molecular formula is C12H22N4O3. The Kier molecular flexibility index (Phi) is 5.29. The van der Waals surface area contributed by atoms with E-state index in [0.717, 1.165) is 4.90 Å². The van der Waals surface area contributed by atoms with Gasteiger partial charge in [0, 0.05) is 39.0 Å². The fourth-order valence-corrected chi connectivity index (χ4v) is 2.11. The molecule has 0 aromatic rings. The van der Waals surface area contributed by atoms with E-state index in [2.05, 4.69) is 5.32 Å². The number of amides is 4. The van der Waals surface area contributed by atoms with Crippen LogP contribution in [-0.2, 0) is 9.59 Å². The van der Waals surface area contributed by atoms with Gasteiger partial charge in [0.05, 0.1) is 6.04 Å². The van der Waals surface area contributed by atoms with E-state index < -0.39 is 6.03 Å². The van der Waals surface area contributed by atoms with Crippen molar-refractivity contribution in [2.24, 2.45) is 5.73 Å². The van der Waals surface area contributed by atoms with Gasteiger partial charge in [0.1, 0.15) is 0 Å². The largest absolute Gasteiger partial charge is 0.338 e. The Hall–Kier alpha value is -1.63. The van der Waals surface area contributed by atoms with E-state index in [9.17, 15) is 14.4 Å². The first kappa shape index (κ1) is 15.4. The highest BCUT2D eigenvalue weighted by Gasteiger charge is 2.33. The van der Waals surface area contributed by atoms with Gasteiger partial charge in [-0.3, -0.25) is 14.5 Å². The normalized spacial score (nSPS) is 18.9. The molecule has 1 aliphatic heterocycles. The van der Waals surface area contributed by atoms with Crippen LogP contribution in [-0.4, -0.2) is 59.4 Å². The molecule has 7 nitrogen and oxygen atoms in total. The molecule has 1 heterocycles. The summed E-state index contributed by atoms with van der Waals surface area (Å²) in [7, 11) is 0. The number of rotatable bonds is 4. The molecule has 7 heteroatoms. The molecule has 1 unspecified atom stereocenters. The highest BCUT2D eigenvalue weighted by atomic mass is 16.2. The molecule has 0 aromatic carbocycles. The predicted molar refractivity (Wildman–Crippen MR) is 70.2 cm³/mol. The van der Waals surface area contributed by atoms with Gasteiger partial charge in [-0.25, -0.2) is 4.79 Å². The standard InChI is InChI=1S/C12H22N4O3/c1-8(2)16-7-10(6-11(16)18)14-12(19)15(5-4-13)9(3)17/h8,10H,4-7,13H2,1-3H3,(H,14,19). The first-order valence-corrected chi connectivity index (χ1v) is 6.45. The minimum atomic E-state index is -0.485. The van der Waals surface area contributed by atoms with Crippen LogP contribution in [0.2, 0.25) is 0 Å². The molecule has 0 saturated carbocycles. The van der Waals surface area contributed by atoms with Crippen LogP contribution in [0.5, 0.6) is 0 Å². The Morgan fingerprint density at radius 3 is 2.58 bits per heavy atom. The molecule has 0 bridgehead atoms. The quantitative estimate of drug-likeness (QED) is 0.720. The van der Waals surface area contributed by atoms with Crippen molar-refractivity contribution in [1.29, 1.82) is 0 Å². The first-order valence-electron chi connectivity index (χ1n) is 6.45. The zero-order valence-corrected chi connectivity index (χ0v) is 11.7. The number of hydrogen-bond donors (Lipinski definition) is 2. The van der Waals surface area contributed by atoms with Crippen molar-refractivity contribution in [3.8, 4) is 0 Å². The van der Waals surface area contributed by atoms with Crippen LogP contribution in [0.4, 0.5) is 4.79 Å². The third-order valence-electron chi connectivity index (χ3n) is 3.09. The summed E-state index contributed by atoms with van der Waals surface area (Å²) in [6, 6.07) is -0.620. The maximum atomic E-state index is 11.9. The Bertz CT molecular complexity index is 370. The third kappa shape index (κ3) is 3.92. The van der Waals surface area contributed by atoms with Crippen LogP contribution in [0.3, 0.4) is 0 Å². The van der Waals surface area contributed by atoms with Crippen molar-refractivity contribution in [3.05, 3.63) is 0 Å². The second-order valence-corrected chi connectivity index (χ2v) is 4.95. The van der Waals surface area contributed by atoms with E-state index in [0.29, 0.717) is 6.54 Å². The van der Waals surface area contributed by atoms with Crippen molar-refractivity contribution in [3.63, 3.8) is 0 Å². The highest BCUT2D eigenvalue weighted by Crippen LogP contribution is 2.14. The molecule has 0 aliphatic carbocycles. The molecule has 1 rings (SSSR count). The fourth-order valence-electron chi connectivity index (χ4n) is 2.11. The second-order valence-electron chi connectivity index (χ2n) is 4.95. The zero-order chi connectivity index (χ0) is 14.6. The van der Waals surface area contributed by atoms with Gasteiger partial charge < -0.3 is 16.0 Å². The molecule has 0 aromatic heterocycles. The zero-order valence-electron chi connectivity index (χ0n) is 11.7. The maximum absolute atomic E-state index is 11.9. The van der Waals surface area contributed by atoms with E-state index >= 15 is 0 Å². The first-order chi connectivity index (χ1) is 8.86. The Morgan fingerprint density at radius 1 is 1.53 bits per heavy atom. The smallest absolute Gasteiger partial charge is 0.324 e. The number of hydrogen-bond acceptors (Lipinski definition) is 4. The average molecular weight is 270 g/mol. The van der Waals surface area contributed by atoms with Crippen LogP contribution in [0.25, 0.3) is 0 Å². The molecule has 1 saturated heterocycles. The van der Waals surface area contributed by atoms with Crippen LogP contribution in [0.1, 0.15) is 27.2 Å². The fraction of sp³-hybridized carbons (Fsp3) is 0.750. The van der Waals surface area contributed by atoms with Gasteiger partial charge in [-0.1, -0.05) is 0 Å². The van der Waals surface area contributed by atoms with E-state index in [1.165, 1.54) is 6.92 Å². The van der Waals surface area contributed by atoms with E-state index in [4.69, 9.17) is 5.73 Å². The molecule has 4 amide bonds. The van der Waals surface area contributed by atoms with Crippen molar-refractivity contribution < 1.29 is 14.4 Å². The summed E-state index contributed by atoms with van der Waals surface area (Å²) < 4.78 is 0. The summed E-state index contributed by atoms with van der Waals surface area (Å²) in [5.41, 5.74) is 5.36. The molecule has 1 aliphatic rings. The van der Waals surface area contributed by atoms with E-state index in [1.54, 1.807) is 4.90 Å². The van der Waals surface area contributed by atoms with Gasteiger partial charge in [-0.2, -0.15) is 0 Å². The molecule has 19 heavy (non-hydrogen) atoms.